The third kappa shape index (κ3) is 3.99. The molecule has 7 rings (SSSR count). The van der Waals surface area contributed by atoms with Crippen LogP contribution >= 0.6 is 0 Å². The zero-order chi connectivity index (χ0) is 25.7. The van der Waals surface area contributed by atoms with Crippen LogP contribution in [0.1, 0.15) is 36.0 Å². The summed E-state index contributed by atoms with van der Waals surface area (Å²) in [4.78, 5) is 21.9. The number of nitrogens with zero attached hydrogens (tertiary/aromatic N) is 6. The summed E-state index contributed by atoms with van der Waals surface area (Å²) < 4.78 is 3.75. The lowest BCUT2D eigenvalue weighted by Gasteiger charge is -2.37. The number of benzene rings is 1. The maximum absolute atomic E-state index is 13.3. The molecule has 10 heteroatoms. The van der Waals surface area contributed by atoms with Gasteiger partial charge in [-0.05, 0) is 68.1 Å². The number of carbonyl (C=O) groups is 1. The quantitative estimate of drug-likeness (QED) is 0.327. The Balaban J connectivity index is 1.10. The standard InChI is InChI=1S/C28H26N8O2/c37-27(32-20-3-1-9-28(38,14-20)17-36-24-4-2-10-29-23(24)15-31-36)18-5-7-22-21(13-18)26(34-33-22)19-6-8-25-30-11-12-35(25)16-19/h2,4-8,10-13,15-16,20,38H,1,3,9,14,17H2,(H,32,37)(H,33,34)/t20-,28+/m1/s1. The first-order valence-electron chi connectivity index (χ1n) is 12.8. The molecule has 1 aromatic carbocycles. The van der Waals surface area contributed by atoms with Gasteiger partial charge in [-0.15, -0.1) is 0 Å². The molecule has 0 radical (unpaired) electrons. The summed E-state index contributed by atoms with van der Waals surface area (Å²) >= 11 is 0. The maximum Gasteiger partial charge on any atom is 0.251 e. The normalized spacial score (nSPS) is 19.9. The smallest absolute Gasteiger partial charge is 0.251 e. The van der Waals surface area contributed by atoms with Crippen LogP contribution in [0.3, 0.4) is 0 Å². The summed E-state index contributed by atoms with van der Waals surface area (Å²) in [5, 5.41) is 27.5. The summed E-state index contributed by atoms with van der Waals surface area (Å²) in [6, 6.07) is 13.2. The van der Waals surface area contributed by atoms with E-state index in [2.05, 4.69) is 30.6 Å². The Labute approximate surface area is 217 Å². The number of aromatic amines is 1. The van der Waals surface area contributed by atoms with E-state index in [1.165, 1.54) is 0 Å². The fourth-order valence-electron chi connectivity index (χ4n) is 5.63. The average Bonchev–Trinajstić information content (AvgIpc) is 3.66. The number of fused-ring (bicyclic) bond motifs is 3. The van der Waals surface area contributed by atoms with Crippen molar-refractivity contribution in [1.29, 1.82) is 0 Å². The van der Waals surface area contributed by atoms with E-state index in [4.69, 9.17) is 0 Å². The molecule has 10 nitrogen and oxygen atoms in total. The molecule has 38 heavy (non-hydrogen) atoms. The van der Waals surface area contributed by atoms with Crippen LogP contribution in [0.2, 0.25) is 0 Å². The van der Waals surface area contributed by atoms with Gasteiger partial charge >= 0.3 is 0 Å². The lowest BCUT2D eigenvalue weighted by Crippen LogP contribution is -2.47. The summed E-state index contributed by atoms with van der Waals surface area (Å²) in [5.41, 5.74) is 4.71. The second-order valence-corrected chi connectivity index (χ2v) is 10.1. The van der Waals surface area contributed by atoms with Crippen LogP contribution in [0.15, 0.2) is 73.4 Å². The molecular weight excluding hydrogens is 480 g/mol. The predicted octanol–water partition coefficient (Wildman–Crippen LogP) is 3.73. The van der Waals surface area contributed by atoms with E-state index in [9.17, 15) is 9.90 Å². The lowest BCUT2D eigenvalue weighted by atomic mass is 9.81. The van der Waals surface area contributed by atoms with Crippen molar-refractivity contribution in [3.05, 3.63) is 79.0 Å². The molecule has 1 aliphatic carbocycles. The third-order valence-corrected chi connectivity index (χ3v) is 7.50. The van der Waals surface area contributed by atoms with Crippen molar-refractivity contribution in [2.75, 3.05) is 0 Å². The Morgan fingerprint density at radius 1 is 1.18 bits per heavy atom. The Hall–Kier alpha value is -4.57. The minimum Gasteiger partial charge on any atom is -0.388 e. The highest BCUT2D eigenvalue weighted by molar-refractivity contribution is 6.01. The highest BCUT2D eigenvalue weighted by Crippen LogP contribution is 2.32. The molecule has 5 heterocycles. The van der Waals surface area contributed by atoms with Gasteiger partial charge in [0.2, 0.25) is 0 Å². The van der Waals surface area contributed by atoms with Gasteiger partial charge in [0, 0.05) is 47.3 Å². The first-order chi connectivity index (χ1) is 18.5. The molecule has 2 atom stereocenters. The van der Waals surface area contributed by atoms with Gasteiger partial charge in [0.1, 0.15) is 16.9 Å². The van der Waals surface area contributed by atoms with Crippen LogP contribution in [0.5, 0.6) is 0 Å². The molecule has 1 fully saturated rings. The Bertz CT molecular complexity index is 1800. The number of hydrogen-bond acceptors (Lipinski definition) is 6. The van der Waals surface area contributed by atoms with Crippen molar-refractivity contribution >= 4 is 33.5 Å². The van der Waals surface area contributed by atoms with E-state index >= 15 is 0 Å². The first-order valence-corrected chi connectivity index (χ1v) is 12.8. The second kappa shape index (κ2) is 8.77. The van der Waals surface area contributed by atoms with Crippen LogP contribution in [0.25, 0.3) is 38.8 Å². The third-order valence-electron chi connectivity index (χ3n) is 7.50. The highest BCUT2D eigenvalue weighted by atomic mass is 16.3. The highest BCUT2D eigenvalue weighted by Gasteiger charge is 2.36. The molecule has 1 saturated carbocycles. The lowest BCUT2D eigenvalue weighted by molar-refractivity contribution is -0.0227. The van der Waals surface area contributed by atoms with Gasteiger partial charge in [0.15, 0.2) is 0 Å². The van der Waals surface area contributed by atoms with Gasteiger partial charge in [0.05, 0.1) is 29.4 Å². The van der Waals surface area contributed by atoms with Gasteiger partial charge in [-0.1, -0.05) is 0 Å². The number of imidazole rings is 1. The average molecular weight is 507 g/mol. The summed E-state index contributed by atoms with van der Waals surface area (Å²) in [6.07, 6.45) is 11.8. The molecule has 0 aliphatic heterocycles. The predicted molar refractivity (Wildman–Crippen MR) is 142 cm³/mol. The number of rotatable bonds is 5. The second-order valence-electron chi connectivity index (χ2n) is 10.1. The number of hydrogen-bond donors (Lipinski definition) is 3. The van der Waals surface area contributed by atoms with E-state index in [1.807, 2.05) is 57.9 Å². The Morgan fingerprint density at radius 2 is 2.13 bits per heavy atom. The molecule has 0 unspecified atom stereocenters. The molecule has 0 spiro atoms. The van der Waals surface area contributed by atoms with Gasteiger partial charge in [-0.2, -0.15) is 10.2 Å². The molecule has 5 aromatic heterocycles. The maximum atomic E-state index is 13.3. The van der Waals surface area contributed by atoms with Gasteiger partial charge in [-0.25, -0.2) is 4.98 Å². The fourth-order valence-corrected chi connectivity index (χ4v) is 5.63. The molecule has 190 valence electrons. The summed E-state index contributed by atoms with van der Waals surface area (Å²) in [6.45, 7) is 0.361. The van der Waals surface area contributed by atoms with E-state index < -0.39 is 5.60 Å². The number of pyridine rings is 2. The van der Waals surface area contributed by atoms with Crippen molar-refractivity contribution in [2.45, 2.75) is 43.9 Å². The van der Waals surface area contributed by atoms with Crippen molar-refractivity contribution in [2.24, 2.45) is 0 Å². The number of amides is 1. The molecule has 1 aliphatic rings. The number of H-pyrrole nitrogens is 1. The fraction of sp³-hybridized carbons (Fsp3) is 0.250. The van der Waals surface area contributed by atoms with Crippen LogP contribution in [0, 0.1) is 0 Å². The molecule has 0 saturated heterocycles. The van der Waals surface area contributed by atoms with E-state index in [-0.39, 0.29) is 11.9 Å². The van der Waals surface area contributed by atoms with Crippen LogP contribution in [0.4, 0.5) is 0 Å². The zero-order valence-electron chi connectivity index (χ0n) is 20.6. The van der Waals surface area contributed by atoms with Crippen LogP contribution in [-0.2, 0) is 6.54 Å². The summed E-state index contributed by atoms with van der Waals surface area (Å²) in [7, 11) is 0. The zero-order valence-corrected chi connectivity index (χ0v) is 20.6. The largest absolute Gasteiger partial charge is 0.388 e. The minimum absolute atomic E-state index is 0.135. The number of aliphatic hydroxyl groups is 1. The van der Waals surface area contributed by atoms with Gasteiger partial charge < -0.3 is 14.8 Å². The first kappa shape index (κ1) is 22.6. The topological polar surface area (TPSA) is 126 Å². The van der Waals surface area contributed by atoms with Gasteiger partial charge in [0.25, 0.3) is 5.91 Å². The molecule has 6 aromatic rings. The van der Waals surface area contributed by atoms with Crippen molar-refractivity contribution in [3.8, 4) is 11.3 Å². The Kier molecular flexibility index (Phi) is 5.22. The van der Waals surface area contributed by atoms with E-state index in [0.29, 0.717) is 24.9 Å². The monoisotopic (exact) mass is 506 g/mol. The molecule has 0 bridgehead atoms. The summed E-state index contributed by atoms with van der Waals surface area (Å²) in [5.74, 6) is -0.160. The number of aromatic nitrogens is 7. The van der Waals surface area contributed by atoms with Crippen LogP contribution < -0.4 is 5.32 Å². The van der Waals surface area contributed by atoms with E-state index in [0.717, 1.165) is 51.7 Å². The number of nitrogens with one attached hydrogen (secondary N) is 2. The van der Waals surface area contributed by atoms with Crippen molar-refractivity contribution < 1.29 is 9.90 Å². The van der Waals surface area contributed by atoms with E-state index in [1.54, 1.807) is 24.7 Å². The minimum atomic E-state index is -0.960. The number of carbonyl (C=O) groups excluding carboxylic acids is 1. The Morgan fingerprint density at radius 3 is 3.08 bits per heavy atom. The van der Waals surface area contributed by atoms with Crippen molar-refractivity contribution in [3.63, 3.8) is 0 Å². The SMILES string of the molecule is O=C(N[C@@H]1CCC[C@@](O)(Cn2ncc3ncccc32)C1)c1ccc2[nH]nc(-c3ccc4nccn4c3)c2c1. The van der Waals surface area contributed by atoms with Gasteiger partial charge in [-0.3, -0.25) is 19.6 Å². The van der Waals surface area contributed by atoms with Crippen molar-refractivity contribution in [1.82, 2.24) is 39.7 Å². The molecule has 3 N–H and O–H groups in total. The molecular formula is C28H26N8O2. The molecule has 1 amide bonds. The van der Waals surface area contributed by atoms with Crippen LogP contribution in [-0.4, -0.2) is 57.0 Å².